The van der Waals surface area contributed by atoms with Gasteiger partial charge in [0.25, 0.3) is 11.8 Å². The minimum atomic E-state index is -4.81. The van der Waals surface area contributed by atoms with Crippen LogP contribution in [0, 0.1) is 10.1 Å². The van der Waals surface area contributed by atoms with Gasteiger partial charge in [-0.05, 0) is 83.0 Å². The summed E-state index contributed by atoms with van der Waals surface area (Å²) >= 11 is 3.23. The Hall–Kier alpha value is -4.92. The molecule has 0 spiro atoms. The van der Waals surface area contributed by atoms with Crippen molar-refractivity contribution in [2.45, 2.75) is 13.1 Å². The van der Waals surface area contributed by atoms with E-state index in [4.69, 9.17) is 14.2 Å². The van der Waals surface area contributed by atoms with Gasteiger partial charge in [-0.3, -0.25) is 25.0 Å². The van der Waals surface area contributed by atoms with E-state index < -0.39 is 51.5 Å². The fourth-order valence-electron chi connectivity index (χ4n) is 3.87. The quantitative estimate of drug-likeness (QED) is 0.131. The van der Waals surface area contributed by atoms with Crippen molar-refractivity contribution in [1.82, 2.24) is 5.32 Å². The van der Waals surface area contributed by atoms with E-state index in [2.05, 4.69) is 21.2 Å². The van der Waals surface area contributed by atoms with E-state index in [1.165, 1.54) is 37.5 Å². The molecule has 0 atom stereocenters. The lowest BCUT2D eigenvalue weighted by Gasteiger charge is -2.26. The lowest BCUT2D eigenvalue weighted by atomic mass is 10.1. The number of amides is 4. The van der Waals surface area contributed by atoms with Gasteiger partial charge in [-0.15, -0.1) is 0 Å². The third kappa shape index (κ3) is 6.20. The zero-order valence-corrected chi connectivity index (χ0v) is 23.2. The Balaban J connectivity index is 1.69. The number of urea groups is 1. The van der Waals surface area contributed by atoms with E-state index in [1.807, 2.05) is 0 Å². The molecular formula is C27H19BrF3N3O8. The number of nitro benzene ring substituents is 1. The van der Waals surface area contributed by atoms with Gasteiger partial charge in [0, 0.05) is 6.07 Å². The molecule has 0 saturated carbocycles. The molecule has 4 amide bonds. The molecule has 218 valence electrons. The van der Waals surface area contributed by atoms with E-state index in [9.17, 15) is 37.7 Å². The number of nitrogens with zero attached hydrogens (tertiary/aromatic N) is 2. The third-order valence-corrected chi connectivity index (χ3v) is 6.35. The summed E-state index contributed by atoms with van der Waals surface area (Å²) in [6, 6.07) is 9.59. The number of alkyl halides is 3. The number of barbiturate groups is 1. The zero-order chi connectivity index (χ0) is 30.8. The minimum absolute atomic E-state index is 0.0477. The van der Waals surface area contributed by atoms with Gasteiger partial charge in [0.15, 0.2) is 11.5 Å². The second kappa shape index (κ2) is 11.9. The Labute approximate surface area is 243 Å². The molecule has 1 aliphatic rings. The van der Waals surface area contributed by atoms with E-state index in [0.29, 0.717) is 24.5 Å². The average molecular weight is 650 g/mol. The van der Waals surface area contributed by atoms with Crippen molar-refractivity contribution in [1.29, 1.82) is 0 Å². The van der Waals surface area contributed by atoms with Gasteiger partial charge in [0.1, 0.15) is 11.3 Å². The second-order valence-corrected chi connectivity index (χ2v) is 9.31. The molecule has 4 rings (SSSR count). The van der Waals surface area contributed by atoms with Crippen LogP contribution in [0.15, 0.2) is 64.6 Å². The first-order chi connectivity index (χ1) is 19.8. The third-order valence-electron chi connectivity index (χ3n) is 5.77. The summed E-state index contributed by atoms with van der Waals surface area (Å²) in [4.78, 5) is 49.6. The molecule has 1 aliphatic heterocycles. The van der Waals surface area contributed by atoms with Gasteiger partial charge < -0.3 is 14.2 Å². The van der Waals surface area contributed by atoms with Crippen LogP contribution in [0.1, 0.15) is 18.1 Å². The molecule has 11 nitrogen and oxygen atoms in total. The van der Waals surface area contributed by atoms with Crippen molar-refractivity contribution >= 4 is 51.2 Å². The van der Waals surface area contributed by atoms with Gasteiger partial charge in [-0.25, -0.2) is 9.69 Å². The molecule has 42 heavy (non-hydrogen) atoms. The van der Waals surface area contributed by atoms with E-state index in [1.54, 1.807) is 19.1 Å². The number of halogens is 4. The number of hydrogen-bond acceptors (Lipinski definition) is 8. The molecule has 3 aromatic carbocycles. The average Bonchev–Trinajstić information content (AvgIpc) is 2.92. The molecule has 0 aromatic heterocycles. The predicted molar refractivity (Wildman–Crippen MR) is 145 cm³/mol. The standard InChI is InChI=1S/C27H19BrF3N3O8/c1-3-41-17-7-5-16(6-8-17)33-25(36)18(24(35)32-26(33)37)10-14-11-19(28)23(22(12-14)40-2)42-21-9-4-15(27(29,30)31)13-20(21)34(38)39/h4-13H,3H2,1-2H3,(H,32,35,37)/b18-10+. The van der Waals surface area contributed by atoms with Crippen LogP contribution < -0.4 is 24.4 Å². The number of nitrogens with one attached hydrogen (secondary N) is 1. The van der Waals surface area contributed by atoms with Crippen LogP contribution in [0.5, 0.6) is 23.0 Å². The van der Waals surface area contributed by atoms with Crippen molar-refractivity contribution in [2.24, 2.45) is 0 Å². The molecule has 0 aliphatic carbocycles. The van der Waals surface area contributed by atoms with Crippen molar-refractivity contribution in [2.75, 3.05) is 18.6 Å². The van der Waals surface area contributed by atoms with Crippen LogP contribution >= 0.6 is 15.9 Å². The molecule has 1 saturated heterocycles. The summed E-state index contributed by atoms with van der Waals surface area (Å²) in [5, 5.41) is 13.6. The molecule has 0 radical (unpaired) electrons. The highest BCUT2D eigenvalue weighted by Gasteiger charge is 2.37. The lowest BCUT2D eigenvalue weighted by Crippen LogP contribution is -2.54. The van der Waals surface area contributed by atoms with Crippen molar-refractivity contribution in [3.05, 3.63) is 85.9 Å². The highest BCUT2D eigenvalue weighted by atomic mass is 79.9. The van der Waals surface area contributed by atoms with E-state index in [-0.39, 0.29) is 27.2 Å². The van der Waals surface area contributed by atoms with Gasteiger partial charge >= 0.3 is 17.9 Å². The number of anilines is 1. The lowest BCUT2D eigenvalue weighted by molar-refractivity contribution is -0.385. The number of nitro groups is 1. The molecule has 15 heteroatoms. The maximum Gasteiger partial charge on any atom is 0.416 e. The number of methoxy groups -OCH3 is 1. The molecule has 0 bridgehead atoms. The number of carbonyl (C=O) groups is 3. The Kier molecular flexibility index (Phi) is 8.51. The topological polar surface area (TPSA) is 137 Å². The van der Waals surface area contributed by atoms with Crippen LogP contribution in [-0.4, -0.2) is 36.5 Å². The summed E-state index contributed by atoms with van der Waals surface area (Å²) in [5.41, 5.74) is -2.17. The first kappa shape index (κ1) is 30.0. The van der Waals surface area contributed by atoms with E-state index in [0.717, 1.165) is 11.0 Å². The smallest absolute Gasteiger partial charge is 0.416 e. The number of rotatable bonds is 8. The normalized spacial score (nSPS) is 14.6. The Morgan fingerprint density at radius 2 is 1.74 bits per heavy atom. The maximum absolute atomic E-state index is 13.2. The summed E-state index contributed by atoms with van der Waals surface area (Å²) in [5.74, 6) is -2.03. The molecule has 1 fully saturated rings. The first-order valence-corrected chi connectivity index (χ1v) is 12.7. The number of benzene rings is 3. The van der Waals surface area contributed by atoms with Crippen LogP contribution in [0.4, 0.5) is 29.3 Å². The molecule has 3 aromatic rings. The largest absolute Gasteiger partial charge is 0.494 e. The second-order valence-electron chi connectivity index (χ2n) is 8.46. The van der Waals surface area contributed by atoms with E-state index >= 15 is 0 Å². The van der Waals surface area contributed by atoms with Crippen LogP contribution in [0.2, 0.25) is 0 Å². The highest BCUT2D eigenvalue weighted by molar-refractivity contribution is 9.10. The number of hydrogen-bond donors (Lipinski definition) is 1. The Morgan fingerprint density at radius 3 is 2.33 bits per heavy atom. The summed E-state index contributed by atoms with van der Waals surface area (Å²) in [6.45, 7) is 2.21. The van der Waals surface area contributed by atoms with Crippen LogP contribution in [-0.2, 0) is 15.8 Å². The minimum Gasteiger partial charge on any atom is -0.494 e. The number of imide groups is 2. The fourth-order valence-corrected chi connectivity index (χ4v) is 4.41. The van der Waals surface area contributed by atoms with Crippen LogP contribution in [0.3, 0.4) is 0 Å². The molecule has 1 heterocycles. The monoisotopic (exact) mass is 649 g/mol. The fraction of sp³-hybridized carbons (Fsp3) is 0.148. The molecule has 0 unspecified atom stereocenters. The maximum atomic E-state index is 13.2. The number of ether oxygens (including phenoxy) is 3. The predicted octanol–water partition coefficient (Wildman–Crippen LogP) is 6.24. The van der Waals surface area contributed by atoms with Gasteiger partial charge in [0.2, 0.25) is 5.75 Å². The number of carbonyl (C=O) groups excluding carboxylic acids is 3. The SMILES string of the molecule is CCOc1ccc(N2C(=O)NC(=O)/C(=C\c3cc(Br)c(Oc4ccc(C(F)(F)F)cc4[N+](=O)[O-])c(OC)c3)C2=O)cc1. The summed E-state index contributed by atoms with van der Waals surface area (Å²) < 4.78 is 55.6. The molecule has 1 N–H and O–H groups in total. The first-order valence-electron chi connectivity index (χ1n) is 11.9. The van der Waals surface area contributed by atoms with Gasteiger partial charge in [-0.2, -0.15) is 13.2 Å². The Morgan fingerprint density at radius 1 is 1.05 bits per heavy atom. The zero-order valence-electron chi connectivity index (χ0n) is 21.7. The summed E-state index contributed by atoms with van der Waals surface area (Å²) in [7, 11) is 1.23. The van der Waals surface area contributed by atoms with Crippen molar-refractivity contribution in [3.63, 3.8) is 0 Å². The summed E-state index contributed by atoms with van der Waals surface area (Å²) in [6.07, 6.45) is -3.63. The van der Waals surface area contributed by atoms with Gasteiger partial charge in [0.05, 0.1) is 34.4 Å². The van der Waals surface area contributed by atoms with Crippen LogP contribution in [0.25, 0.3) is 6.08 Å². The molecular weight excluding hydrogens is 631 g/mol. The van der Waals surface area contributed by atoms with Gasteiger partial charge in [-0.1, -0.05) is 0 Å². The highest BCUT2D eigenvalue weighted by Crippen LogP contribution is 2.44. The van der Waals surface area contributed by atoms with Crippen molar-refractivity contribution < 1.29 is 46.7 Å². The Bertz CT molecular complexity index is 1620. The van der Waals surface area contributed by atoms with Crippen molar-refractivity contribution in [3.8, 4) is 23.0 Å².